The molecule has 28 heavy (non-hydrogen) atoms. The van der Waals surface area contributed by atoms with Gasteiger partial charge in [0.05, 0.1) is 17.3 Å². The molecule has 6 heteroatoms. The van der Waals surface area contributed by atoms with Crippen molar-refractivity contribution in [3.8, 4) is 5.75 Å². The highest BCUT2D eigenvalue weighted by atomic mass is 32.1. The van der Waals surface area contributed by atoms with E-state index in [0.717, 1.165) is 40.5 Å². The van der Waals surface area contributed by atoms with Crippen molar-refractivity contribution in [1.29, 1.82) is 0 Å². The molecule has 0 aliphatic heterocycles. The van der Waals surface area contributed by atoms with Crippen molar-refractivity contribution in [3.05, 3.63) is 54.1 Å². The monoisotopic (exact) mass is 397 g/mol. The van der Waals surface area contributed by atoms with Gasteiger partial charge in [-0.25, -0.2) is 4.98 Å². The molecule has 0 bridgehead atoms. The standard InChI is InChI=1S/C22H27N3O2S/c1-24(2)14-7-15-25(21(26)13-10-17-8-5-4-6-9-17)22-23-19-16-18(27-3)11-12-20(19)28-22/h4-6,8-9,11-12,16H,7,10,13-15H2,1-3H3. The fourth-order valence-corrected chi connectivity index (χ4v) is 4.03. The largest absolute Gasteiger partial charge is 0.497 e. The van der Waals surface area contributed by atoms with Gasteiger partial charge in [-0.05, 0) is 51.2 Å². The smallest absolute Gasteiger partial charge is 0.229 e. The summed E-state index contributed by atoms with van der Waals surface area (Å²) in [5, 5.41) is 0.764. The molecule has 5 nitrogen and oxygen atoms in total. The van der Waals surface area contributed by atoms with Gasteiger partial charge < -0.3 is 9.64 Å². The summed E-state index contributed by atoms with van der Waals surface area (Å²) in [4.78, 5) is 21.8. The van der Waals surface area contributed by atoms with Crippen LogP contribution in [0.5, 0.6) is 5.75 Å². The van der Waals surface area contributed by atoms with Crippen LogP contribution < -0.4 is 9.64 Å². The Morgan fingerprint density at radius 2 is 1.89 bits per heavy atom. The lowest BCUT2D eigenvalue weighted by molar-refractivity contribution is -0.118. The van der Waals surface area contributed by atoms with Gasteiger partial charge in [0.1, 0.15) is 5.75 Å². The number of amides is 1. The number of methoxy groups -OCH3 is 1. The molecule has 1 aromatic heterocycles. The van der Waals surface area contributed by atoms with Gasteiger partial charge in [-0.1, -0.05) is 41.7 Å². The van der Waals surface area contributed by atoms with Crippen LogP contribution in [0.1, 0.15) is 18.4 Å². The summed E-state index contributed by atoms with van der Waals surface area (Å²) in [7, 11) is 5.74. The second-order valence-corrected chi connectivity index (χ2v) is 8.03. The normalized spacial score (nSPS) is 11.1. The highest BCUT2D eigenvalue weighted by Gasteiger charge is 2.19. The predicted molar refractivity (Wildman–Crippen MR) is 116 cm³/mol. The summed E-state index contributed by atoms with van der Waals surface area (Å²) < 4.78 is 6.36. The fourth-order valence-electron chi connectivity index (χ4n) is 3.04. The summed E-state index contributed by atoms with van der Waals surface area (Å²) >= 11 is 1.56. The molecule has 1 heterocycles. The molecule has 1 amide bonds. The number of aryl methyl sites for hydroxylation is 1. The fraction of sp³-hybridized carbons (Fsp3) is 0.364. The predicted octanol–water partition coefficient (Wildman–Crippen LogP) is 4.22. The quantitative estimate of drug-likeness (QED) is 0.542. The molecule has 0 saturated carbocycles. The van der Waals surface area contributed by atoms with Crippen LogP contribution in [0.3, 0.4) is 0 Å². The van der Waals surface area contributed by atoms with Crippen molar-refractivity contribution in [3.63, 3.8) is 0 Å². The van der Waals surface area contributed by atoms with E-state index in [-0.39, 0.29) is 5.91 Å². The van der Waals surface area contributed by atoms with E-state index >= 15 is 0 Å². The number of fused-ring (bicyclic) bond motifs is 1. The second kappa shape index (κ2) is 9.66. The molecule has 0 aliphatic carbocycles. The van der Waals surface area contributed by atoms with Crippen molar-refractivity contribution in [2.45, 2.75) is 19.3 Å². The van der Waals surface area contributed by atoms with Crippen LogP contribution in [0.2, 0.25) is 0 Å². The van der Waals surface area contributed by atoms with E-state index in [0.29, 0.717) is 13.0 Å². The number of benzene rings is 2. The summed E-state index contributed by atoms with van der Waals surface area (Å²) in [5.41, 5.74) is 2.05. The summed E-state index contributed by atoms with van der Waals surface area (Å²) in [6.07, 6.45) is 2.12. The molecule has 0 radical (unpaired) electrons. The maximum absolute atomic E-state index is 13.0. The lowest BCUT2D eigenvalue weighted by atomic mass is 10.1. The molecule has 0 saturated heterocycles. The molecule has 3 aromatic rings. The van der Waals surface area contributed by atoms with Gasteiger partial charge in [-0.2, -0.15) is 0 Å². The first-order chi connectivity index (χ1) is 13.6. The third kappa shape index (κ3) is 5.30. The van der Waals surface area contributed by atoms with Crippen LogP contribution in [0.15, 0.2) is 48.5 Å². The lowest BCUT2D eigenvalue weighted by Crippen LogP contribution is -2.33. The minimum absolute atomic E-state index is 0.119. The molecule has 0 spiro atoms. The van der Waals surface area contributed by atoms with Crippen LogP contribution in [0.25, 0.3) is 10.2 Å². The van der Waals surface area contributed by atoms with Crippen molar-refractivity contribution < 1.29 is 9.53 Å². The number of thiazole rings is 1. The number of hydrogen-bond acceptors (Lipinski definition) is 5. The number of anilines is 1. The van der Waals surface area contributed by atoms with Crippen LogP contribution in [-0.2, 0) is 11.2 Å². The minimum atomic E-state index is 0.119. The van der Waals surface area contributed by atoms with Crippen LogP contribution in [0, 0.1) is 0 Å². The molecule has 148 valence electrons. The Kier molecular flexibility index (Phi) is 7.01. The zero-order valence-electron chi connectivity index (χ0n) is 16.7. The van der Waals surface area contributed by atoms with Gasteiger partial charge in [0, 0.05) is 19.0 Å². The third-order valence-electron chi connectivity index (χ3n) is 4.57. The molecule has 0 fully saturated rings. The maximum atomic E-state index is 13.0. The average Bonchev–Trinajstić information content (AvgIpc) is 3.12. The summed E-state index contributed by atoms with van der Waals surface area (Å²) in [5.74, 6) is 0.896. The van der Waals surface area contributed by atoms with E-state index in [1.54, 1.807) is 18.4 Å². The number of carbonyl (C=O) groups excluding carboxylic acids is 1. The van der Waals surface area contributed by atoms with Crippen molar-refractivity contribution in [2.24, 2.45) is 0 Å². The summed E-state index contributed by atoms with van der Waals surface area (Å²) in [6, 6.07) is 16.0. The number of aromatic nitrogens is 1. The number of rotatable bonds is 9. The van der Waals surface area contributed by atoms with Gasteiger partial charge in [0.15, 0.2) is 5.13 Å². The Balaban J connectivity index is 1.78. The van der Waals surface area contributed by atoms with E-state index in [4.69, 9.17) is 9.72 Å². The molecular formula is C22H27N3O2S. The van der Waals surface area contributed by atoms with Crippen molar-refractivity contribution in [2.75, 3.05) is 39.2 Å². The average molecular weight is 398 g/mol. The van der Waals surface area contributed by atoms with Gasteiger partial charge in [-0.3, -0.25) is 9.69 Å². The highest BCUT2D eigenvalue weighted by Crippen LogP contribution is 2.31. The Morgan fingerprint density at radius 1 is 1.11 bits per heavy atom. The first kappa shape index (κ1) is 20.3. The van der Waals surface area contributed by atoms with E-state index in [2.05, 4.69) is 17.0 Å². The zero-order valence-corrected chi connectivity index (χ0v) is 17.5. The molecule has 0 N–H and O–H groups in total. The first-order valence-electron chi connectivity index (χ1n) is 9.50. The van der Waals surface area contributed by atoms with Crippen LogP contribution >= 0.6 is 11.3 Å². The van der Waals surface area contributed by atoms with Gasteiger partial charge in [-0.15, -0.1) is 0 Å². The van der Waals surface area contributed by atoms with E-state index in [1.807, 2.05) is 55.4 Å². The Morgan fingerprint density at radius 3 is 2.61 bits per heavy atom. The van der Waals surface area contributed by atoms with Crippen molar-refractivity contribution >= 4 is 32.6 Å². The second-order valence-electron chi connectivity index (χ2n) is 7.02. The minimum Gasteiger partial charge on any atom is -0.497 e. The molecule has 0 unspecified atom stereocenters. The first-order valence-corrected chi connectivity index (χ1v) is 10.3. The van der Waals surface area contributed by atoms with Gasteiger partial charge in [0.2, 0.25) is 5.91 Å². The van der Waals surface area contributed by atoms with E-state index in [9.17, 15) is 4.79 Å². The Labute approximate surface area is 170 Å². The lowest BCUT2D eigenvalue weighted by Gasteiger charge is -2.21. The molecular weight excluding hydrogens is 370 g/mol. The van der Waals surface area contributed by atoms with Crippen LogP contribution in [-0.4, -0.2) is 50.1 Å². The van der Waals surface area contributed by atoms with Crippen molar-refractivity contribution in [1.82, 2.24) is 9.88 Å². The number of carbonyl (C=O) groups is 1. The zero-order chi connectivity index (χ0) is 19.9. The number of hydrogen-bond donors (Lipinski definition) is 0. The third-order valence-corrected chi connectivity index (χ3v) is 5.63. The van der Waals surface area contributed by atoms with Gasteiger partial charge >= 0.3 is 0 Å². The maximum Gasteiger partial charge on any atom is 0.229 e. The SMILES string of the molecule is COc1ccc2sc(N(CCCN(C)C)C(=O)CCc3ccccc3)nc2c1. The van der Waals surface area contributed by atoms with Gasteiger partial charge in [0.25, 0.3) is 0 Å². The molecule has 3 rings (SSSR count). The molecule has 0 aliphatic rings. The van der Waals surface area contributed by atoms with E-state index in [1.165, 1.54) is 5.56 Å². The topological polar surface area (TPSA) is 45.7 Å². The number of ether oxygens (including phenoxy) is 1. The van der Waals surface area contributed by atoms with E-state index < -0.39 is 0 Å². The highest BCUT2D eigenvalue weighted by molar-refractivity contribution is 7.22. The summed E-state index contributed by atoms with van der Waals surface area (Å²) in [6.45, 7) is 1.60. The molecule has 2 aromatic carbocycles. The Bertz CT molecular complexity index is 909. The number of nitrogens with zero attached hydrogens (tertiary/aromatic N) is 3. The Hall–Kier alpha value is -2.44. The molecule has 0 atom stereocenters. The van der Waals surface area contributed by atoms with Crippen LogP contribution in [0.4, 0.5) is 5.13 Å².